The molecule has 0 saturated carbocycles. The van der Waals surface area contributed by atoms with Crippen molar-refractivity contribution in [2.24, 2.45) is 16.7 Å². The average Bonchev–Trinajstić information content (AvgIpc) is 1.81. The van der Waals surface area contributed by atoms with Gasteiger partial charge in [-0.05, 0) is 11.3 Å². The number of rotatable bonds is 2. The van der Waals surface area contributed by atoms with E-state index in [9.17, 15) is 8.78 Å². The van der Waals surface area contributed by atoms with Crippen molar-refractivity contribution in [3.05, 3.63) is 0 Å². The second-order valence-electron chi connectivity index (χ2n) is 5.35. The van der Waals surface area contributed by atoms with E-state index in [1.54, 1.807) is 6.92 Å². The maximum atomic E-state index is 12.8. The number of halogens is 2. The monoisotopic (exact) mass is 194 g/mol. The Labute approximate surface area is 79.1 Å². The van der Waals surface area contributed by atoms with E-state index in [2.05, 4.69) is 0 Å². The molecule has 0 aromatic carbocycles. The van der Waals surface area contributed by atoms with E-state index in [1.807, 2.05) is 20.8 Å². The van der Waals surface area contributed by atoms with E-state index in [-0.39, 0.29) is 11.3 Å². The number of hydrogen-bond acceptors (Lipinski definition) is 1. The highest BCUT2D eigenvalue weighted by Crippen LogP contribution is 2.47. The van der Waals surface area contributed by atoms with Crippen LogP contribution >= 0.6 is 0 Å². The summed E-state index contributed by atoms with van der Waals surface area (Å²) >= 11 is 0. The smallest absolute Gasteiger partial charge is 0.336 e. The van der Waals surface area contributed by atoms with Gasteiger partial charge in [-0.15, -0.1) is 0 Å². The Bertz CT molecular complexity index is 174. The van der Waals surface area contributed by atoms with Crippen molar-refractivity contribution in [3.63, 3.8) is 0 Å². The predicted octanol–water partition coefficient (Wildman–Crippen LogP) is 3.28. The Kier molecular flexibility index (Phi) is 3.15. The number of hydrogen-bond donors (Lipinski definition) is 1. The molecule has 3 heteroatoms. The summed E-state index contributed by atoms with van der Waals surface area (Å²) in [6.07, 6.45) is -3.63. The quantitative estimate of drug-likeness (QED) is 0.715. The number of aliphatic hydroxyl groups is 1. The van der Waals surface area contributed by atoms with Crippen molar-refractivity contribution in [2.75, 3.05) is 0 Å². The zero-order valence-electron chi connectivity index (χ0n) is 9.28. The van der Waals surface area contributed by atoms with Gasteiger partial charge >= 0.3 is 6.11 Å². The molecule has 80 valence electrons. The Morgan fingerprint density at radius 3 is 1.38 bits per heavy atom. The molecule has 0 bridgehead atoms. The van der Waals surface area contributed by atoms with Gasteiger partial charge in [0.25, 0.3) is 0 Å². The summed E-state index contributed by atoms with van der Waals surface area (Å²) in [4.78, 5) is 0. The lowest BCUT2D eigenvalue weighted by molar-refractivity contribution is -0.289. The summed E-state index contributed by atoms with van der Waals surface area (Å²) in [5, 5.41) is 8.75. The molecular weight excluding hydrogens is 174 g/mol. The third-order valence-corrected chi connectivity index (χ3v) is 3.16. The first-order chi connectivity index (χ1) is 5.40. The zero-order chi connectivity index (χ0) is 11.1. The second-order valence-corrected chi connectivity index (χ2v) is 5.35. The molecule has 0 radical (unpaired) electrons. The van der Waals surface area contributed by atoms with Crippen LogP contribution in [0.1, 0.15) is 41.5 Å². The first kappa shape index (κ1) is 12.8. The molecular formula is C10H20F2O. The Hall–Kier alpha value is -0.180. The van der Waals surface area contributed by atoms with E-state index in [0.717, 1.165) is 0 Å². The summed E-state index contributed by atoms with van der Waals surface area (Å²) in [6, 6.07) is 0. The van der Waals surface area contributed by atoms with Crippen LogP contribution in [0.3, 0.4) is 0 Å². The van der Waals surface area contributed by atoms with Crippen molar-refractivity contribution in [1.82, 2.24) is 0 Å². The lowest BCUT2D eigenvalue weighted by atomic mass is 9.66. The molecule has 0 saturated heterocycles. The van der Waals surface area contributed by atoms with Crippen molar-refractivity contribution in [2.45, 2.75) is 47.7 Å². The van der Waals surface area contributed by atoms with Crippen LogP contribution < -0.4 is 0 Å². The predicted molar refractivity (Wildman–Crippen MR) is 49.6 cm³/mol. The molecule has 1 nitrogen and oxygen atoms in total. The lowest BCUT2D eigenvalue weighted by Crippen LogP contribution is -2.45. The largest absolute Gasteiger partial charge is 0.358 e. The van der Waals surface area contributed by atoms with Crippen LogP contribution in [0.4, 0.5) is 8.78 Å². The Morgan fingerprint density at radius 2 is 1.31 bits per heavy atom. The standard InChI is InChI=1S/C10H20F2O/c1-7(8(2,3)4)9(5,6)10(11,12)13/h7,13H,1-6H3. The highest BCUT2D eigenvalue weighted by molar-refractivity contribution is 4.88. The minimum absolute atomic E-state index is 0.240. The first-order valence-corrected chi connectivity index (χ1v) is 4.51. The summed E-state index contributed by atoms with van der Waals surface area (Å²) < 4.78 is 25.7. The molecule has 0 aliphatic carbocycles. The molecule has 0 aromatic heterocycles. The maximum absolute atomic E-state index is 12.8. The fourth-order valence-corrected chi connectivity index (χ4v) is 1.34. The van der Waals surface area contributed by atoms with E-state index in [0.29, 0.717) is 0 Å². The van der Waals surface area contributed by atoms with Gasteiger partial charge in [-0.2, -0.15) is 8.78 Å². The molecule has 1 unspecified atom stereocenters. The molecule has 0 spiro atoms. The van der Waals surface area contributed by atoms with Gasteiger partial charge in [0.15, 0.2) is 0 Å². The van der Waals surface area contributed by atoms with Crippen molar-refractivity contribution in [1.29, 1.82) is 0 Å². The van der Waals surface area contributed by atoms with E-state index in [1.165, 1.54) is 13.8 Å². The molecule has 1 N–H and O–H groups in total. The lowest BCUT2D eigenvalue weighted by Gasteiger charge is -2.42. The summed E-state index contributed by atoms with van der Waals surface area (Å²) in [5.41, 5.74) is -1.64. The molecule has 0 aliphatic heterocycles. The summed E-state index contributed by atoms with van der Waals surface area (Å²) in [5.74, 6) is -0.278. The van der Waals surface area contributed by atoms with Crippen molar-refractivity contribution < 1.29 is 13.9 Å². The van der Waals surface area contributed by atoms with Crippen LogP contribution in [-0.2, 0) is 0 Å². The SMILES string of the molecule is CC(C(C)(C)C)C(C)(C)C(O)(F)F. The normalized spacial score (nSPS) is 17.3. The topological polar surface area (TPSA) is 20.2 Å². The third kappa shape index (κ3) is 2.63. The van der Waals surface area contributed by atoms with Gasteiger partial charge in [0.1, 0.15) is 0 Å². The number of alkyl halides is 2. The molecule has 13 heavy (non-hydrogen) atoms. The summed E-state index contributed by atoms with van der Waals surface area (Å²) in [6.45, 7) is 10.2. The van der Waals surface area contributed by atoms with Gasteiger partial charge in [-0.3, -0.25) is 0 Å². The third-order valence-electron chi connectivity index (χ3n) is 3.16. The molecule has 0 heterocycles. The van der Waals surface area contributed by atoms with Gasteiger partial charge in [0, 0.05) is 0 Å². The van der Waals surface area contributed by atoms with Gasteiger partial charge in [-0.25, -0.2) is 0 Å². The van der Waals surface area contributed by atoms with Gasteiger partial charge in [0.2, 0.25) is 0 Å². The fraction of sp³-hybridized carbons (Fsp3) is 1.00. The first-order valence-electron chi connectivity index (χ1n) is 4.51. The molecule has 1 atom stereocenters. The minimum atomic E-state index is -3.63. The van der Waals surface area contributed by atoms with E-state index < -0.39 is 11.5 Å². The molecule has 0 aromatic rings. The van der Waals surface area contributed by atoms with Crippen LogP contribution in [-0.4, -0.2) is 11.2 Å². The molecule has 0 amide bonds. The highest BCUT2D eigenvalue weighted by atomic mass is 19.3. The molecule has 0 rings (SSSR count). The second kappa shape index (κ2) is 3.19. The Balaban J connectivity index is 4.86. The summed E-state index contributed by atoms with van der Waals surface area (Å²) in [7, 11) is 0. The van der Waals surface area contributed by atoms with Gasteiger partial charge in [0.05, 0.1) is 5.41 Å². The van der Waals surface area contributed by atoms with E-state index in [4.69, 9.17) is 5.11 Å². The fourth-order valence-electron chi connectivity index (χ4n) is 1.34. The van der Waals surface area contributed by atoms with Crippen LogP contribution in [0, 0.1) is 16.7 Å². The van der Waals surface area contributed by atoms with Crippen molar-refractivity contribution in [3.8, 4) is 0 Å². The van der Waals surface area contributed by atoms with Crippen LogP contribution in [0.2, 0.25) is 0 Å². The molecule has 0 fully saturated rings. The zero-order valence-corrected chi connectivity index (χ0v) is 9.28. The van der Waals surface area contributed by atoms with Crippen LogP contribution in [0.5, 0.6) is 0 Å². The van der Waals surface area contributed by atoms with Gasteiger partial charge < -0.3 is 5.11 Å². The average molecular weight is 194 g/mol. The van der Waals surface area contributed by atoms with Crippen molar-refractivity contribution >= 4 is 0 Å². The maximum Gasteiger partial charge on any atom is 0.358 e. The molecule has 0 aliphatic rings. The Morgan fingerprint density at radius 1 is 1.00 bits per heavy atom. The van der Waals surface area contributed by atoms with Crippen LogP contribution in [0.25, 0.3) is 0 Å². The highest BCUT2D eigenvalue weighted by Gasteiger charge is 2.51. The van der Waals surface area contributed by atoms with E-state index >= 15 is 0 Å². The van der Waals surface area contributed by atoms with Crippen LogP contribution in [0.15, 0.2) is 0 Å². The van der Waals surface area contributed by atoms with Gasteiger partial charge in [-0.1, -0.05) is 41.5 Å². The minimum Gasteiger partial charge on any atom is -0.336 e.